The van der Waals surface area contributed by atoms with Crippen molar-refractivity contribution in [1.29, 1.82) is 0 Å². The number of benzene rings is 3. The second kappa shape index (κ2) is 9.27. The van der Waals surface area contributed by atoms with Crippen molar-refractivity contribution >= 4 is 32.8 Å². The van der Waals surface area contributed by atoms with E-state index < -0.39 is 5.97 Å². The minimum atomic E-state index is -0.398. The molecule has 0 aliphatic rings. The molecule has 31 heavy (non-hydrogen) atoms. The van der Waals surface area contributed by atoms with Crippen molar-refractivity contribution < 1.29 is 19.0 Å². The first kappa shape index (κ1) is 21.0. The summed E-state index contributed by atoms with van der Waals surface area (Å²) in [5.74, 6) is 1.09. The van der Waals surface area contributed by atoms with Crippen LogP contribution in [-0.4, -0.2) is 24.7 Å². The number of carbonyl (C=O) groups excluding carboxylic acids is 1. The SMILES string of the molecule is CCOC(=O)c1[nH]c2c(Br)cccc2c1-c1ccccc1OCc1ccc(OC)cc1. The number of halogens is 1. The van der Waals surface area contributed by atoms with Crippen molar-refractivity contribution in [3.63, 3.8) is 0 Å². The van der Waals surface area contributed by atoms with Crippen LogP contribution in [0.2, 0.25) is 0 Å². The number of hydrogen-bond donors (Lipinski definition) is 1. The maximum atomic E-state index is 12.7. The van der Waals surface area contributed by atoms with Crippen LogP contribution in [0.1, 0.15) is 23.0 Å². The lowest BCUT2D eigenvalue weighted by atomic mass is 10.0. The van der Waals surface area contributed by atoms with Gasteiger partial charge >= 0.3 is 5.97 Å². The summed E-state index contributed by atoms with van der Waals surface area (Å²) < 4.78 is 17.6. The van der Waals surface area contributed by atoms with Crippen molar-refractivity contribution in [2.24, 2.45) is 0 Å². The lowest BCUT2D eigenvalue weighted by Gasteiger charge is -2.13. The van der Waals surface area contributed by atoms with Gasteiger partial charge in [0.1, 0.15) is 23.8 Å². The number of methoxy groups -OCH3 is 1. The first-order valence-electron chi connectivity index (χ1n) is 9.94. The highest BCUT2D eigenvalue weighted by Gasteiger charge is 2.23. The normalized spacial score (nSPS) is 10.8. The maximum absolute atomic E-state index is 12.7. The van der Waals surface area contributed by atoms with Gasteiger partial charge in [-0.05, 0) is 52.7 Å². The van der Waals surface area contributed by atoms with Crippen LogP contribution in [0.5, 0.6) is 11.5 Å². The summed E-state index contributed by atoms with van der Waals surface area (Å²) in [6.45, 7) is 2.48. The fourth-order valence-electron chi connectivity index (χ4n) is 3.50. The summed E-state index contributed by atoms with van der Waals surface area (Å²) in [5, 5.41) is 0.915. The van der Waals surface area contributed by atoms with Gasteiger partial charge in [-0.2, -0.15) is 0 Å². The Hall–Kier alpha value is -3.25. The standard InChI is InChI=1S/C25H22BrNO4/c1-3-30-25(28)24-22(19-8-6-9-20(26)23(19)27-24)18-7-4-5-10-21(18)31-15-16-11-13-17(29-2)14-12-16/h4-14,27H,3,15H2,1-2H3. The molecule has 4 aromatic rings. The van der Waals surface area contributed by atoms with E-state index in [9.17, 15) is 4.79 Å². The molecule has 0 fully saturated rings. The fourth-order valence-corrected chi connectivity index (χ4v) is 3.97. The molecule has 6 heteroatoms. The minimum absolute atomic E-state index is 0.296. The van der Waals surface area contributed by atoms with E-state index in [2.05, 4.69) is 20.9 Å². The zero-order chi connectivity index (χ0) is 21.8. The molecule has 0 aliphatic carbocycles. The largest absolute Gasteiger partial charge is 0.497 e. The van der Waals surface area contributed by atoms with E-state index >= 15 is 0 Å². The van der Waals surface area contributed by atoms with Gasteiger partial charge in [-0.1, -0.05) is 42.5 Å². The van der Waals surface area contributed by atoms with E-state index in [4.69, 9.17) is 14.2 Å². The van der Waals surface area contributed by atoms with E-state index in [1.54, 1.807) is 14.0 Å². The highest BCUT2D eigenvalue weighted by atomic mass is 79.9. The molecule has 0 saturated heterocycles. The maximum Gasteiger partial charge on any atom is 0.355 e. The molecule has 0 bridgehead atoms. The first-order valence-corrected chi connectivity index (χ1v) is 10.7. The Kier molecular flexibility index (Phi) is 6.28. The van der Waals surface area contributed by atoms with Crippen LogP contribution in [0.15, 0.2) is 71.2 Å². The van der Waals surface area contributed by atoms with Crippen LogP contribution in [0.25, 0.3) is 22.0 Å². The zero-order valence-corrected chi connectivity index (χ0v) is 18.9. The summed E-state index contributed by atoms with van der Waals surface area (Å²) in [6, 6.07) is 21.3. The molecule has 0 radical (unpaired) electrons. The molecule has 0 saturated carbocycles. The van der Waals surface area contributed by atoms with E-state index in [0.29, 0.717) is 24.7 Å². The molecule has 0 aliphatic heterocycles. The monoisotopic (exact) mass is 479 g/mol. The highest BCUT2D eigenvalue weighted by Crippen LogP contribution is 2.40. The van der Waals surface area contributed by atoms with Gasteiger partial charge in [0.2, 0.25) is 0 Å². The molecular formula is C25H22BrNO4. The van der Waals surface area contributed by atoms with Crippen LogP contribution in [0.4, 0.5) is 0 Å². The molecular weight excluding hydrogens is 458 g/mol. The van der Waals surface area contributed by atoms with Crippen molar-refractivity contribution in [1.82, 2.24) is 4.98 Å². The van der Waals surface area contributed by atoms with E-state index in [1.807, 2.05) is 66.7 Å². The summed E-state index contributed by atoms with van der Waals surface area (Å²) >= 11 is 3.57. The number of aromatic amines is 1. The van der Waals surface area contributed by atoms with Gasteiger partial charge in [-0.15, -0.1) is 0 Å². The summed E-state index contributed by atoms with van der Waals surface area (Å²) in [4.78, 5) is 16.0. The summed E-state index contributed by atoms with van der Waals surface area (Å²) in [5.41, 5.74) is 3.85. The Balaban J connectivity index is 1.76. The number of para-hydroxylation sites is 2. The summed E-state index contributed by atoms with van der Waals surface area (Å²) in [6.07, 6.45) is 0. The van der Waals surface area contributed by atoms with Crippen LogP contribution in [0, 0.1) is 0 Å². The molecule has 0 unspecified atom stereocenters. The van der Waals surface area contributed by atoms with Gasteiger partial charge in [0.15, 0.2) is 0 Å². The van der Waals surface area contributed by atoms with Gasteiger partial charge in [-0.3, -0.25) is 0 Å². The minimum Gasteiger partial charge on any atom is -0.497 e. The average Bonchev–Trinajstić information content (AvgIpc) is 3.19. The molecule has 3 aromatic carbocycles. The van der Waals surface area contributed by atoms with Crippen molar-refractivity contribution in [2.45, 2.75) is 13.5 Å². The lowest BCUT2D eigenvalue weighted by Crippen LogP contribution is -2.07. The topological polar surface area (TPSA) is 60.6 Å². The molecule has 5 nitrogen and oxygen atoms in total. The molecule has 0 atom stereocenters. The number of ether oxygens (including phenoxy) is 3. The third-order valence-corrected chi connectivity index (χ3v) is 5.63. The van der Waals surface area contributed by atoms with Gasteiger partial charge in [0, 0.05) is 21.0 Å². The Morgan fingerprint density at radius 2 is 1.77 bits per heavy atom. The van der Waals surface area contributed by atoms with Gasteiger partial charge in [0.25, 0.3) is 0 Å². The molecule has 4 rings (SSSR count). The van der Waals surface area contributed by atoms with Crippen molar-refractivity contribution in [3.05, 3.63) is 82.5 Å². The Bertz CT molecular complexity index is 1210. The zero-order valence-electron chi connectivity index (χ0n) is 17.3. The smallest absolute Gasteiger partial charge is 0.355 e. The van der Waals surface area contributed by atoms with Gasteiger partial charge in [-0.25, -0.2) is 4.79 Å². The quantitative estimate of drug-likeness (QED) is 0.313. The Labute approximate surface area is 189 Å². The van der Waals surface area contributed by atoms with Crippen molar-refractivity contribution in [2.75, 3.05) is 13.7 Å². The third-order valence-electron chi connectivity index (χ3n) is 4.97. The Morgan fingerprint density at radius 3 is 2.52 bits per heavy atom. The van der Waals surface area contributed by atoms with Crippen LogP contribution in [-0.2, 0) is 11.3 Å². The van der Waals surface area contributed by atoms with Gasteiger partial charge < -0.3 is 19.2 Å². The summed E-state index contributed by atoms with van der Waals surface area (Å²) in [7, 11) is 1.64. The molecule has 1 heterocycles. The molecule has 1 N–H and O–H groups in total. The fraction of sp³-hybridized carbons (Fsp3) is 0.160. The van der Waals surface area contributed by atoms with Crippen LogP contribution in [0.3, 0.4) is 0 Å². The van der Waals surface area contributed by atoms with Crippen molar-refractivity contribution in [3.8, 4) is 22.6 Å². The number of esters is 1. The lowest BCUT2D eigenvalue weighted by molar-refractivity contribution is 0.0521. The molecule has 1 aromatic heterocycles. The van der Waals surface area contributed by atoms with Crippen LogP contribution < -0.4 is 9.47 Å². The number of rotatable bonds is 7. The van der Waals surface area contributed by atoms with E-state index in [-0.39, 0.29) is 0 Å². The second-order valence-electron chi connectivity index (χ2n) is 6.89. The predicted octanol–water partition coefficient (Wildman–Crippen LogP) is 6.36. The number of H-pyrrole nitrogens is 1. The number of aromatic nitrogens is 1. The van der Waals surface area contributed by atoms with E-state index in [1.165, 1.54) is 0 Å². The third kappa shape index (κ3) is 4.30. The average molecular weight is 480 g/mol. The number of carbonyl (C=O) groups is 1. The molecule has 0 spiro atoms. The number of nitrogens with one attached hydrogen (secondary N) is 1. The van der Waals surface area contributed by atoms with Crippen LogP contribution >= 0.6 is 15.9 Å². The second-order valence-corrected chi connectivity index (χ2v) is 7.75. The number of fused-ring (bicyclic) bond motifs is 1. The first-order chi connectivity index (χ1) is 15.1. The molecule has 0 amide bonds. The highest BCUT2D eigenvalue weighted by molar-refractivity contribution is 9.10. The molecule has 158 valence electrons. The van der Waals surface area contributed by atoms with Gasteiger partial charge in [0.05, 0.1) is 19.2 Å². The predicted molar refractivity (Wildman–Crippen MR) is 125 cm³/mol. The van der Waals surface area contributed by atoms with E-state index in [0.717, 1.165) is 37.8 Å². The number of hydrogen-bond acceptors (Lipinski definition) is 4. The Morgan fingerprint density at radius 1 is 1.00 bits per heavy atom.